The molecule has 0 saturated carbocycles. The number of rotatable bonds is 1. The van der Waals surface area contributed by atoms with E-state index >= 15 is 0 Å². The molecule has 0 spiro atoms. The molecule has 5 nitrogen and oxygen atoms in total. The molecule has 1 aliphatic heterocycles. The Morgan fingerprint density at radius 3 is 3.18 bits per heavy atom. The van der Waals surface area contributed by atoms with Gasteiger partial charge in [0.25, 0.3) is 0 Å². The van der Waals surface area contributed by atoms with Crippen molar-refractivity contribution in [2.75, 3.05) is 19.0 Å². The van der Waals surface area contributed by atoms with E-state index in [9.17, 15) is 0 Å². The molecule has 3 rings (SSSR count). The van der Waals surface area contributed by atoms with Crippen LogP contribution in [0.4, 0.5) is 5.69 Å². The molecule has 2 aromatic rings. The van der Waals surface area contributed by atoms with Crippen LogP contribution in [0.3, 0.4) is 0 Å². The van der Waals surface area contributed by atoms with Crippen LogP contribution in [0.25, 0.3) is 11.0 Å². The number of anilines is 1. The first-order valence-corrected chi connectivity index (χ1v) is 5.52. The first-order chi connectivity index (χ1) is 8.28. The van der Waals surface area contributed by atoms with Gasteiger partial charge in [-0.2, -0.15) is 0 Å². The molecule has 3 heterocycles. The van der Waals surface area contributed by atoms with Gasteiger partial charge in [-0.25, -0.2) is 4.98 Å². The van der Waals surface area contributed by atoms with E-state index in [0.29, 0.717) is 5.88 Å². The van der Waals surface area contributed by atoms with E-state index in [1.165, 1.54) is 0 Å². The number of aromatic nitrogens is 2. The molecule has 17 heavy (non-hydrogen) atoms. The number of methoxy groups -OCH3 is 1. The average molecular weight is 231 g/mol. The molecule has 2 aromatic heterocycles. The number of fused-ring (bicyclic) bond motifs is 3. The van der Waals surface area contributed by atoms with Crippen molar-refractivity contribution in [2.45, 2.75) is 13.0 Å². The van der Waals surface area contributed by atoms with Crippen molar-refractivity contribution in [1.29, 1.82) is 0 Å². The minimum atomic E-state index is 0.126. The van der Waals surface area contributed by atoms with E-state index in [4.69, 9.17) is 9.47 Å². The lowest BCUT2D eigenvalue weighted by atomic mass is 10.2. The summed E-state index contributed by atoms with van der Waals surface area (Å²) in [6, 6.07) is 3.67. The minimum absolute atomic E-state index is 0.126. The molecule has 0 unspecified atom stereocenters. The molecular weight excluding hydrogens is 218 g/mol. The van der Waals surface area contributed by atoms with Gasteiger partial charge in [0.1, 0.15) is 11.6 Å². The van der Waals surface area contributed by atoms with Gasteiger partial charge in [0, 0.05) is 6.07 Å². The summed E-state index contributed by atoms with van der Waals surface area (Å²) in [6.45, 7) is 2.80. The van der Waals surface area contributed by atoms with Crippen LogP contribution in [0.15, 0.2) is 18.3 Å². The number of hydrogen-bond donors (Lipinski definition) is 1. The molecule has 1 N–H and O–H groups in total. The van der Waals surface area contributed by atoms with Gasteiger partial charge >= 0.3 is 0 Å². The van der Waals surface area contributed by atoms with Gasteiger partial charge in [0.2, 0.25) is 5.88 Å². The summed E-state index contributed by atoms with van der Waals surface area (Å²) in [5.74, 6) is 1.32. The third-order valence-electron chi connectivity index (χ3n) is 2.75. The number of hydrogen-bond acceptors (Lipinski definition) is 5. The Morgan fingerprint density at radius 1 is 1.47 bits per heavy atom. The maximum Gasteiger partial charge on any atom is 0.213 e. The van der Waals surface area contributed by atoms with Gasteiger partial charge in [-0.05, 0) is 13.0 Å². The van der Waals surface area contributed by atoms with E-state index in [2.05, 4.69) is 15.3 Å². The SMILES string of the molecule is COc1ccc2ncc3c(c2n1)O[C@@H](C)CN3. The molecule has 0 aromatic carbocycles. The van der Waals surface area contributed by atoms with Crippen LogP contribution in [-0.2, 0) is 0 Å². The first-order valence-electron chi connectivity index (χ1n) is 5.52. The van der Waals surface area contributed by atoms with Gasteiger partial charge in [-0.15, -0.1) is 0 Å². The molecule has 0 radical (unpaired) electrons. The highest BCUT2D eigenvalue weighted by molar-refractivity contribution is 5.87. The van der Waals surface area contributed by atoms with Crippen LogP contribution in [-0.4, -0.2) is 29.7 Å². The van der Waals surface area contributed by atoms with Crippen molar-refractivity contribution in [2.24, 2.45) is 0 Å². The fourth-order valence-corrected chi connectivity index (χ4v) is 1.88. The Labute approximate surface area is 98.8 Å². The van der Waals surface area contributed by atoms with Gasteiger partial charge in [-0.1, -0.05) is 0 Å². The van der Waals surface area contributed by atoms with E-state index in [1.54, 1.807) is 19.4 Å². The normalized spacial score (nSPS) is 18.1. The molecule has 1 aliphatic rings. The lowest BCUT2D eigenvalue weighted by molar-refractivity contribution is 0.228. The van der Waals surface area contributed by atoms with E-state index in [-0.39, 0.29) is 6.10 Å². The third-order valence-corrected chi connectivity index (χ3v) is 2.75. The highest BCUT2D eigenvalue weighted by atomic mass is 16.5. The van der Waals surface area contributed by atoms with E-state index in [1.807, 2.05) is 13.0 Å². The molecule has 0 amide bonds. The number of nitrogens with zero attached hydrogens (tertiary/aromatic N) is 2. The summed E-state index contributed by atoms with van der Waals surface area (Å²) < 4.78 is 10.9. The van der Waals surface area contributed by atoms with Crippen molar-refractivity contribution >= 4 is 16.7 Å². The number of pyridine rings is 2. The third kappa shape index (κ3) is 1.63. The first kappa shape index (κ1) is 10.1. The maximum atomic E-state index is 5.82. The Kier molecular flexibility index (Phi) is 2.24. The lowest BCUT2D eigenvalue weighted by Gasteiger charge is -2.25. The van der Waals surface area contributed by atoms with Gasteiger partial charge < -0.3 is 14.8 Å². The highest BCUT2D eigenvalue weighted by Crippen LogP contribution is 2.35. The molecule has 0 saturated heterocycles. The Balaban J connectivity index is 2.24. The van der Waals surface area contributed by atoms with Crippen LogP contribution in [0.1, 0.15) is 6.92 Å². The second kappa shape index (κ2) is 3.76. The second-order valence-corrected chi connectivity index (χ2v) is 4.03. The van der Waals surface area contributed by atoms with Crippen molar-refractivity contribution in [3.8, 4) is 11.6 Å². The topological polar surface area (TPSA) is 56.3 Å². The zero-order valence-electron chi connectivity index (χ0n) is 9.73. The monoisotopic (exact) mass is 231 g/mol. The Morgan fingerprint density at radius 2 is 2.35 bits per heavy atom. The van der Waals surface area contributed by atoms with Crippen LogP contribution >= 0.6 is 0 Å². The summed E-state index contributed by atoms with van der Waals surface area (Å²) in [5, 5.41) is 3.27. The van der Waals surface area contributed by atoms with Gasteiger partial charge in [-0.3, -0.25) is 4.98 Å². The van der Waals surface area contributed by atoms with Crippen LogP contribution in [0.5, 0.6) is 11.6 Å². The molecule has 5 heteroatoms. The smallest absolute Gasteiger partial charge is 0.213 e. The Hall–Kier alpha value is -2.04. The predicted octanol–water partition coefficient (Wildman–Crippen LogP) is 1.83. The number of nitrogens with one attached hydrogen (secondary N) is 1. The molecular formula is C12H13N3O2. The Bertz CT molecular complexity index is 566. The minimum Gasteiger partial charge on any atom is -0.484 e. The summed E-state index contributed by atoms with van der Waals surface area (Å²) in [6.07, 6.45) is 1.90. The quantitative estimate of drug-likeness (QED) is 0.811. The molecule has 1 atom stereocenters. The fourth-order valence-electron chi connectivity index (χ4n) is 1.88. The fraction of sp³-hybridized carbons (Fsp3) is 0.333. The summed E-state index contributed by atoms with van der Waals surface area (Å²) in [5.41, 5.74) is 2.43. The van der Waals surface area contributed by atoms with Crippen LogP contribution in [0.2, 0.25) is 0 Å². The zero-order valence-corrected chi connectivity index (χ0v) is 9.73. The van der Waals surface area contributed by atoms with Crippen molar-refractivity contribution in [3.63, 3.8) is 0 Å². The summed E-state index contributed by atoms with van der Waals surface area (Å²) in [7, 11) is 1.60. The zero-order chi connectivity index (χ0) is 11.8. The molecule has 0 bridgehead atoms. The second-order valence-electron chi connectivity index (χ2n) is 4.03. The summed E-state index contributed by atoms with van der Waals surface area (Å²) >= 11 is 0. The van der Waals surface area contributed by atoms with Crippen molar-refractivity contribution in [3.05, 3.63) is 18.3 Å². The van der Waals surface area contributed by atoms with E-state index < -0.39 is 0 Å². The standard InChI is InChI=1S/C12H13N3O2/c1-7-5-13-9-6-14-8-3-4-10(16-2)15-11(8)12(9)17-7/h3-4,6-7,13H,5H2,1-2H3/t7-/m0/s1. The highest BCUT2D eigenvalue weighted by Gasteiger charge is 2.19. The van der Waals surface area contributed by atoms with Crippen molar-refractivity contribution < 1.29 is 9.47 Å². The molecule has 0 aliphatic carbocycles. The molecule has 88 valence electrons. The van der Waals surface area contributed by atoms with Gasteiger partial charge in [0.05, 0.1) is 31.1 Å². The molecule has 0 fully saturated rings. The van der Waals surface area contributed by atoms with Gasteiger partial charge in [0.15, 0.2) is 5.75 Å². The van der Waals surface area contributed by atoms with E-state index in [0.717, 1.165) is 29.0 Å². The van der Waals surface area contributed by atoms with Crippen molar-refractivity contribution in [1.82, 2.24) is 9.97 Å². The lowest BCUT2D eigenvalue weighted by Crippen LogP contribution is -2.28. The number of ether oxygens (including phenoxy) is 2. The van der Waals surface area contributed by atoms with Crippen LogP contribution < -0.4 is 14.8 Å². The average Bonchev–Trinajstić information content (AvgIpc) is 2.38. The predicted molar refractivity (Wildman–Crippen MR) is 64.7 cm³/mol. The maximum absolute atomic E-state index is 5.82. The summed E-state index contributed by atoms with van der Waals surface area (Å²) in [4.78, 5) is 8.73. The largest absolute Gasteiger partial charge is 0.484 e. The van der Waals surface area contributed by atoms with Crippen LogP contribution in [0, 0.1) is 0 Å².